The average Bonchev–Trinajstić information content (AvgIpc) is 3.27. The molecule has 0 radical (unpaired) electrons. The number of nitrogens with one attached hydrogen (secondary N) is 1. The summed E-state index contributed by atoms with van der Waals surface area (Å²) in [5, 5.41) is 3.31. The predicted octanol–water partition coefficient (Wildman–Crippen LogP) is 2.52. The molecule has 21 heavy (non-hydrogen) atoms. The van der Waals surface area contributed by atoms with Crippen LogP contribution in [-0.2, 0) is 16.6 Å². The quantitative estimate of drug-likeness (QED) is 0.751. The number of benzene rings is 1. The molecule has 0 atom stereocenters. The first kappa shape index (κ1) is 16.2. The Labute approximate surface area is 127 Å². The second kappa shape index (κ2) is 6.73. The number of rotatable bonds is 8. The van der Waals surface area contributed by atoms with Gasteiger partial charge in [-0.25, -0.2) is 8.42 Å². The van der Waals surface area contributed by atoms with Crippen molar-refractivity contribution in [2.24, 2.45) is 0 Å². The van der Waals surface area contributed by atoms with Crippen molar-refractivity contribution >= 4 is 10.0 Å². The van der Waals surface area contributed by atoms with Gasteiger partial charge in [0.25, 0.3) is 0 Å². The van der Waals surface area contributed by atoms with Crippen LogP contribution in [0.2, 0.25) is 0 Å². The molecule has 0 unspecified atom stereocenters. The molecule has 1 aromatic carbocycles. The summed E-state index contributed by atoms with van der Waals surface area (Å²) >= 11 is 0. The van der Waals surface area contributed by atoms with Crippen LogP contribution in [0.1, 0.15) is 32.3 Å². The van der Waals surface area contributed by atoms with Gasteiger partial charge in [-0.2, -0.15) is 4.31 Å². The van der Waals surface area contributed by atoms with Crippen LogP contribution in [-0.4, -0.2) is 31.4 Å². The molecule has 1 aliphatic carbocycles. The van der Waals surface area contributed by atoms with Crippen LogP contribution in [0.15, 0.2) is 41.8 Å². The van der Waals surface area contributed by atoms with Crippen molar-refractivity contribution in [1.29, 1.82) is 0 Å². The lowest BCUT2D eigenvalue weighted by Crippen LogP contribution is -2.33. The van der Waals surface area contributed by atoms with Crippen molar-refractivity contribution in [1.82, 2.24) is 9.62 Å². The Balaban J connectivity index is 2.22. The Morgan fingerprint density at radius 1 is 1.43 bits per heavy atom. The third-order valence-corrected chi connectivity index (χ3v) is 5.40. The fraction of sp³-hybridized carbons (Fsp3) is 0.500. The molecule has 0 spiro atoms. The minimum absolute atomic E-state index is 0.144. The van der Waals surface area contributed by atoms with Crippen molar-refractivity contribution < 1.29 is 8.42 Å². The molecule has 0 heterocycles. The van der Waals surface area contributed by atoms with E-state index >= 15 is 0 Å². The number of nitrogens with zero attached hydrogens (tertiary/aromatic N) is 1. The van der Waals surface area contributed by atoms with Crippen molar-refractivity contribution in [3.8, 4) is 0 Å². The molecule has 0 amide bonds. The average molecular weight is 308 g/mol. The van der Waals surface area contributed by atoms with Gasteiger partial charge in [-0.1, -0.05) is 32.1 Å². The molecule has 5 heteroatoms. The molecule has 116 valence electrons. The van der Waals surface area contributed by atoms with E-state index in [4.69, 9.17) is 0 Å². The smallest absolute Gasteiger partial charge is 0.243 e. The second-order valence-electron chi connectivity index (χ2n) is 5.78. The molecule has 0 bridgehead atoms. The van der Waals surface area contributed by atoms with Crippen LogP contribution in [0.25, 0.3) is 0 Å². The molecule has 1 saturated carbocycles. The summed E-state index contributed by atoms with van der Waals surface area (Å²) < 4.78 is 27.1. The van der Waals surface area contributed by atoms with Gasteiger partial charge < -0.3 is 5.32 Å². The minimum Gasteiger partial charge on any atom is -0.310 e. The standard InChI is InChI=1S/C16H24N2O2S/c1-4-10-18(15-8-9-15)21(19,20)16-7-5-6-14(11-16)12-17-13(2)3/h4-7,11,13,15,17H,1,8-10,12H2,2-3H3. The molecule has 1 aromatic rings. The van der Waals surface area contributed by atoms with Crippen molar-refractivity contribution in [3.63, 3.8) is 0 Å². The third-order valence-electron chi connectivity index (χ3n) is 3.48. The Morgan fingerprint density at radius 2 is 2.14 bits per heavy atom. The largest absolute Gasteiger partial charge is 0.310 e. The molecule has 0 saturated heterocycles. The highest BCUT2D eigenvalue weighted by Crippen LogP contribution is 2.32. The van der Waals surface area contributed by atoms with Gasteiger partial charge in [0, 0.05) is 25.2 Å². The highest BCUT2D eigenvalue weighted by molar-refractivity contribution is 7.89. The number of hydrogen-bond acceptors (Lipinski definition) is 3. The molecule has 1 N–H and O–H groups in total. The fourth-order valence-electron chi connectivity index (χ4n) is 2.21. The Hall–Kier alpha value is -1.17. The van der Waals surface area contributed by atoms with Gasteiger partial charge in [-0.05, 0) is 30.5 Å². The maximum absolute atomic E-state index is 12.8. The lowest BCUT2D eigenvalue weighted by Gasteiger charge is -2.20. The molecule has 2 rings (SSSR count). The zero-order chi connectivity index (χ0) is 15.5. The highest BCUT2D eigenvalue weighted by Gasteiger charge is 2.37. The second-order valence-corrected chi connectivity index (χ2v) is 7.67. The summed E-state index contributed by atoms with van der Waals surface area (Å²) in [5.74, 6) is 0. The van der Waals surface area contributed by atoms with E-state index in [1.807, 2.05) is 12.1 Å². The molecule has 4 nitrogen and oxygen atoms in total. The van der Waals surface area contributed by atoms with Crippen molar-refractivity contribution in [3.05, 3.63) is 42.5 Å². The van der Waals surface area contributed by atoms with Gasteiger partial charge in [-0.15, -0.1) is 6.58 Å². The van der Waals surface area contributed by atoms with E-state index in [-0.39, 0.29) is 6.04 Å². The maximum Gasteiger partial charge on any atom is 0.243 e. The molecule has 1 aliphatic rings. The van der Waals surface area contributed by atoms with Crippen LogP contribution in [0.3, 0.4) is 0 Å². The SMILES string of the molecule is C=CCN(C1CC1)S(=O)(=O)c1cccc(CNC(C)C)c1. The number of hydrogen-bond donors (Lipinski definition) is 1. The maximum atomic E-state index is 12.8. The monoisotopic (exact) mass is 308 g/mol. The molecule has 0 aromatic heterocycles. The lowest BCUT2D eigenvalue weighted by molar-refractivity contribution is 0.436. The van der Waals surface area contributed by atoms with Crippen LogP contribution in [0.4, 0.5) is 0 Å². The third kappa shape index (κ3) is 4.15. The molecule has 0 aliphatic heterocycles. The van der Waals surface area contributed by atoms with E-state index in [0.717, 1.165) is 18.4 Å². The van der Waals surface area contributed by atoms with Gasteiger partial charge in [0.1, 0.15) is 0 Å². The summed E-state index contributed by atoms with van der Waals surface area (Å²) in [6.07, 6.45) is 3.55. The normalized spacial score (nSPS) is 15.6. The van der Waals surface area contributed by atoms with Gasteiger partial charge in [0.2, 0.25) is 10.0 Å². The highest BCUT2D eigenvalue weighted by atomic mass is 32.2. The van der Waals surface area contributed by atoms with Crippen molar-refractivity contribution in [2.75, 3.05) is 6.54 Å². The van der Waals surface area contributed by atoms with E-state index in [9.17, 15) is 8.42 Å². The summed E-state index contributed by atoms with van der Waals surface area (Å²) in [4.78, 5) is 0.374. The topological polar surface area (TPSA) is 49.4 Å². The zero-order valence-corrected chi connectivity index (χ0v) is 13.6. The molecule has 1 fully saturated rings. The van der Waals surface area contributed by atoms with Gasteiger partial charge >= 0.3 is 0 Å². The van der Waals surface area contributed by atoms with Gasteiger partial charge in [0.15, 0.2) is 0 Å². The Morgan fingerprint density at radius 3 is 2.71 bits per heavy atom. The van der Waals surface area contributed by atoms with Gasteiger partial charge in [0.05, 0.1) is 4.90 Å². The minimum atomic E-state index is -3.43. The van der Waals surface area contributed by atoms with Crippen LogP contribution in [0, 0.1) is 0 Å². The van der Waals surface area contributed by atoms with E-state index in [0.29, 0.717) is 24.0 Å². The van der Waals surface area contributed by atoms with E-state index in [2.05, 4.69) is 25.7 Å². The Bertz CT molecular complexity index is 592. The van der Waals surface area contributed by atoms with Crippen LogP contribution >= 0.6 is 0 Å². The molecular weight excluding hydrogens is 284 g/mol. The van der Waals surface area contributed by atoms with Crippen LogP contribution < -0.4 is 5.32 Å². The lowest BCUT2D eigenvalue weighted by atomic mass is 10.2. The first-order valence-electron chi connectivity index (χ1n) is 7.40. The number of sulfonamides is 1. The van der Waals surface area contributed by atoms with E-state index < -0.39 is 10.0 Å². The summed E-state index contributed by atoms with van der Waals surface area (Å²) in [7, 11) is -3.43. The zero-order valence-electron chi connectivity index (χ0n) is 12.7. The summed E-state index contributed by atoms with van der Waals surface area (Å²) in [5.41, 5.74) is 0.985. The first-order chi connectivity index (χ1) is 9.95. The first-order valence-corrected chi connectivity index (χ1v) is 8.84. The van der Waals surface area contributed by atoms with E-state index in [1.165, 1.54) is 0 Å². The summed E-state index contributed by atoms with van der Waals surface area (Å²) in [6.45, 7) is 8.86. The summed E-state index contributed by atoms with van der Waals surface area (Å²) in [6, 6.07) is 7.71. The molecular formula is C16H24N2O2S. The Kier molecular flexibility index (Phi) is 5.19. The van der Waals surface area contributed by atoms with E-state index in [1.54, 1.807) is 22.5 Å². The van der Waals surface area contributed by atoms with Crippen molar-refractivity contribution in [2.45, 2.75) is 50.2 Å². The van der Waals surface area contributed by atoms with Gasteiger partial charge in [-0.3, -0.25) is 0 Å². The van der Waals surface area contributed by atoms with Crippen LogP contribution in [0.5, 0.6) is 0 Å². The predicted molar refractivity (Wildman–Crippen MR) is 85.5 cm³/mol. The fourth-order valence-corrected chi connectivity index (χ4v) is 3.93.